The Bertz CT molecular complexity index is 1710. The minimum atomic E-state index is -1.16. The van der Waals surface area contributed by atoms with Crippen LogP contribution in [0.15, 0.2) is 42.6 Å². The summed E-state index contributed by atoms with van der Waals surface area (Å²) in [6.45, 7) is 6.11. The first-order valence-electron chi connectivity index (χ1n) is 13.3. The molecule has 0 amide bonds. The Hall–Kier alpha value is -3.76. The van der Waals surface area contributed by atoms with E-state index in [1.54, 1.807) is 31.8 Å². The summed E-state index contributed by atoms with van der Waals surface area (Å²) in [5.74, 6) is -3.08. The third kappa shape index (κ3) is 4.35. The minimum absolute atomic E-state index is 0.204. The van der Waals surface area contributed by atoms with Crippen molar-refractivity contribution in [2.24, 2.45) is 13.0 Å². The highest BCUT2D eigenvalue weighted by Crippen LogP contribution is 2.43. The van der Waals surface area contributed by atoms with E-state index in [0.29, 0.717) is 53.9 Å². The third-order valence-electron chi connectivity index (χ3n) is 7.94. The summed E-state index contributed by atoms with van der Waals surface area (Å²) in [6.07, 6.45) is 2.86. The van der Waals surface area contributed by atoms with E-state index in [1.165, 1.54) is 0 Å². The van der Waals surface area contributed by atoms with E-state index in [0.717, 1.165) is 28.8 Å². The Balaban J connectivity index is 1.73. The van der Waals surface area contributed by atoms with Crippen molar-refractivity contribution in [3.63, 3.8) is 0 Å². The maximum Gasteiger partial charge on any atom is 0.134 e. The lowest BCUT2D eigenvalue weighted by molar-refractivity contribution is 0.0543. The summed E-state index contributed by atoms with van der Waals surface area (Å²) in [7, 11) is 1.79. The van der Waals surface area contributed by atoms with Crippen molar-refractivity contribution >= 4 is 21.9 Å². The quantitative estimate of drug-likeness (QED) is 0.293. The van der Waals surface area contributed by atoms with Crippen LogP contribution >= 0.6 is 0 Å². The highest BCUT2D eigenvalue weighted by Gasteiger charge is 2.35. The number of aliphatic hydroxyl groups is 1. The highest BCUT2D eigenvalue weighted by molar-refractivity contribution is 6.07. The number of pyridine rings is 1. The van der Waals surface area contributed by atoms with E-state index in [-0.39, 0.29) is 11.5 Å². The number of hydrogen-bond donors (Lipinski definition) is 1. The molecule has 1 unspecified atom stereocenters. The van der Waals surface area contributed by atoms with Gasteiger partial charge in [-0.25, -0.2) is 17.9 Å². The second kappa shape index (κ2) is 9.71. The second-order valence-electron chi connectivity index (χ2n) is 11.1. The lowest BCUT2D eigenvalue weighted by atomic mass is 9.86. The third-order valence-corrected chi connectivity index (χ3v) is 7.94. The SMILES string of the molecule is Cc1nnn(C)c1-c1cnc2c3ccc(C(C)(C)O)cc3n(C(c3c(F)cc(F)cc3F)C3CCOCC3)c2c1. The van der Waals surface area contributed by atoms with Gasteiger partial charge in [-0.05, 0) is 57.2 Å². The van der Waals surface area contributed by atoms with Gasteiger partial charge < -0.3 is 14.4 Å². The van der Waals surface area contributed by atoms with Gasteiger partial charge in [0, 0.05) is 55.1 Å². The summed E-state index contributed by atoms with van der Waals surface area (Å²) in [5, 5.41) is 19.9. The Morgan fingerprint density at radius 2 is 1.73 bits per heavy atom. The van der Waals surface area contributed by atoms with E-state index >= 15 is 8.78 Å². The van der Waals surface area contributed by atoms with Crippen molar-refractivity contribution in [3.05, 3.63) is 76.9 Å². The molecule has 0 aliphatic carbocycles. The van der Waals surface area contributed by atoms with Crippen molar-refractivity contribution < 1.29 is 23.0 Å². The zero-order valence-electron chi connectivity index (χ0n) is 22.8. The fourth-order valence-electron chi connectivity index (χ4n) is 6.01. The van der Waals surface area contributed by atoms with Crippen LogP contribution < -0.4 is 0 Å². The number of nitrogens with zero attached hydrogens (tertiary/aromatic N) is 5. The molecule has 0 spiro atoms. The molecular formula is C30H30F3N5O2. The van der Waals surface area contributed by atoms with Crippen LogP contribution in [-0.4, -0.2) is 42.9 Å². The van der Waals surface area contributed by atoms with Crippen LogP contribution in [0.1, 0.15) is 49.6 Å². The average molecular weight is 550 g/mol. The molecule has 0 radical (unpaired) electrons. The van der Waals surface area contributed by atoms with Crippen LogP contribution in [0.5, 0.6) is 0 Å². The zero-order chi connectivity index (χ0) is 28.3. The monoisotopic (exact) mass is 549 g/mol. The molecule has 2 aromatic carbocycles. The number of ether oxygens (including phenoxy) is 1. The molecule has 10 heteroatoms. The first kappa shape index (κ1) is 26.5. The molecule has 4 heterocycles. The zero-order valence-corrected chi connectivity index (χ0v) is 22.8. The number of aryl methyl sites for hydroxylation is 2. The number of aromatic nitrogens is 5. The maximum absolute atomic E-state index is 15.6. The Labute approximate surface area is 229 Å². The molecule has 1 saturated heterocycles. The fourth-order valence-corrected chi connectivity index (χ4v) is 6.01. The van der Waals surface area contributed by atoms with E-state index in [9.17, 15) is 9.50 Å². The molecule has 6 rings (SSSR count). The molecule has 0 bridgehead atoms. The fraction of sp³-hybridized carbons (Fsp3) is 0.367. The number of halogens is 3. The normalized spacial score (nSPS) is 15.8. The van der Waals surface area contributed by atoms with Gasteiger partial charge in [0.2, 0.25) is 0 Å². The first-order chi connectivity index (χ1) is 19.0. The molecule has 7 nitrogen and oxygen atoms in total. The molecule has 3 aromatic heterocycles. The van der Waals surface area contributed by atoms with Crippen LogP contribution in [0.3, 0.4) is 0 Å². The largest absolute Gasteiger partial charge is 0.386 e. The van der Waals surface area contributed by atoms with Crippen molar-refractivity contribution in [1.29, 1.82) is 0 Å². The smallest absolute Gasteiger partial charge is 0.134 e. The molecule has 1 N–H and O–H groups in total. The van der Waals surface area contributed by atoms with E-state index in [4.69, 9.17) is 9.72 Å². The number of fused-ring (bicyclic) bond motifs is 3. The standard InChI is InChI=1S/C30H30F3N5O2/c1-16-28(37(4)36-35-16)18-11-25-27(34-15-18)21-6-5-19(30(2,3)39)12-24(21)38(25)29(17-7-9-40-10-8-17)26-22(32)13-20(31)14-23(26)33/h5-6,11-15,17,29,39H,7-10H2,1-4H3. The van der Waals surface area contributed by atoms with Crippen molar-refractivity contribution in [1.82, 2.24) is 24.5 Å². The van der Waals surface area contributed by atoms with Gasteiger partial charge in [0.05, 0.1) is 39.6 Å². The summed E-state index contributed by atoms with van der Waals surface area (Å²) in [4.78, 5) is 4.82. The second-order valence-corrected chi connectivity index (χ2v) is 11.1. The van der Waals surface area contributed by atoms with Gasteiger partial charge in [-0.3, -0.25) is 4.98 Å². The van der Waals surface area contributed by atoms with Crippen molar-refractivity contribution in [3.8, 4) is 11.3 Å². The summed E-state index contributed by atoms with van der Waals surface area (Å²) in [6, 6.07) is 8.13. The van der Waals surface area contributed by atoms with Gasteiger partial charge in [-0.1, -0.05) is 17.3 Å². The molecule has 0 saturated carbocycles. The summed E-state index contributed by atoms with van der Waals surface area (Å²) < 4.78 is 54.4. The van der Waals surface area contributed by atoms with Crippen molar-refractivity contribution in [2.75, 3.05) is 13.2 Å². The predicted octanol–water partition coefficient (Wildman–Crippen LogP) is 5.95. The van der Waals surface area contributed by atoms with Crippen LogP contribution in [0, 0.1) is 30.3 Å². The average Bonchev–Trinajstić information content (AvgIpc) is 3.41. The molecular weight excluding hydrogens is 519 g/mol. The molecule has 1 aliphatic heterocycles. The Morgan fingerprint density at radius 3 is 2.35 bits per heavy atom. The molecule has 1 fully saturated rings. The van der Waals surface area contributed by atoms with Crippen LogP contribution in [-0.2, 0) is 17.4 Å². The van der Waals surface area contributed by atoms with Crippen molar-refractivity contribution in [2.45, 2.75) is 45.3 Å². The van der Waals surface area contributed by atoms with Gasteiger partial charge >= 0.3 is 0 Å². The maximum atomic E-state index is 15.6. The van der Waals surface area contributed by atoms with Gasteiger partial charge in [0.15, 0.2) is 0 Å². The molecule has 1 aliphatic rings. The Morgan fingerprint density at radius 1 is 1.02 bits per heavy atom. The number of hydrogen-bond acceptors (Lipinski definition) is 5. The Kier molecular flexibility index (Phi) is 6.42. The van der Waals surface area contributed by atoms with Crippen LogP contribution in [0.4, 0.5) is 13.2 Å². The van der Waals surface area contributed by atoms with Gasteiger partial charge in [0.1, 0.15) is 17.5 Å². The van der Waals surface area contributed by atoms with E-state index in [1.807, 2.05) is 35.8 Å². The van der Waals surface area contributed by atoms with Gasteiger partial charge in [-0.2, -0.15) is 0 Å². The van der Waals surface area contributed by atoms with E-state index < -0.39 is 29.1 Å². The topological polar surface area (TPSA) is 78.0 Å². The first-order valence-corrected chi connectivity index (χ1v) is 13.3. The van der Waals surface area contributed by atoms with Gasteiger partial charge in [0.25, 0.3) is 0 Å². The summed E-state index contributed by atoms with van der Waals surface area (Å²) >= 11 is 0. The van der Waals surface area contributed by atoms with E-state index in [2.05, 4.69) is 10.3 Å². The molecule has 5 aromatic rings. The van der Waals surface area contributed by atoms with Gasteiger partial charge in [-0.15, -0.1) is 5.10 Å². The lowest BCUT2D eigenvalue weighted by Gasteiger charge is -2.33. The molecule has 208 valence electrons. The summed E-state index contributed by atoms with van der Waals surface area (Å²) in [5.41, 5.74) is 3.47. The highest BCUT2D eigenvalue weighted by atomic mass is 19.1. The molecule has 40 heavy (non-hydrogen) atoms. The number of rotatable bonds is 5. The minimum Gasteiger partial charge on any atom is -0.386 e. The van der Waals surface area contributed by atoms with Crippen LogP contribution in [0.25, 0.3) is 33.2 Å². The molecule has 1 atom stereocenters. The number of benzene rings is 2. The lowest BCUT2D eigenvalue weighted by Crippen LogP contribution is -2.28. The van der Waals surface area contributed by atoms with Crippen LogP contribution in [0.2, 0.25) is 0 Å². The predicted molar refractivity (Wildman–Crippen MR) is 145 cm³/mol.